The van der Waals surface area contributed by atoms with Crippen molar-refractivity contribution in [3.8, 4) is 11.8 Å². The van der Waals surface area contributed by atoms with Crippen LogP contribution in [-0.2, 0) is 23.7 Å². The van der Waals surface area contributed by atoms with E-state index in [0.29, 0.717) is 60.0 Å². The van der Waals surface area contributed by atoms with E-state index in [-0.39, 0.29) is 34.7 Å². The summed E-state index contributed by atoms with van der Waals surface area (Å²) in [5.41, 5.74) is 3.96. The summed E-state index contributed by atoms with van der Waals surface area (Å²) in [6.45, 7) is 5.07. The first-order valence-corrected chi connectivity index (χ1v) is 21.5. The van der Waals surface area contributed by atoms with E-state index in [0.717, 1.165) is 80.9 Å². The number of alkyl halides is 2. The van der Waals surface area contributed by atoms with Crippen molar-refractivity contribution in [3.05, 3.63) is 64.2 Å². The van der Waals surface area contributed by atoms with Gasteiger partial charge in [0.05, 0.1) is 46.3 Å². The Morgan fingerprint density at radius 1 is 0.968 bits per heavy atom. The number of aromatic nitrogens is 5. The Kier molecular flexibility index (Phi) is 9.96. The Morgan fingerprint density at radius 3 is 2.50 bits per heavy atom. The molecule has 1 aliphatic carbocycles. The van der Waals surface area contributed by atoms with Gasteiger partial charge in [-0.25, -0.2) is 13.8 Å². The lowest BCUT2D eigenvalue weighted by Crippen LogP contribution is -2.49. The standard InChI is InChI=1S/C44H48F2N12O4/c1-54-32-10-8-28(20-31(32)36-38(42(54)61)62-24-44(45,46)39(51-36)26-6-7-26)49-40-27(21-47)22-48-43(52-40)58-18-16-56(17-19-58)23-25-12-14-57(15-13-25)33-5-3-4-29-35(53-55(2)37(29)33)30-9-11-34(59)50-41(30)60/h3-5,8,10,20,22,25-26,30,39,51H,6-7,9,11-19,23-24H2,1-2H3,(H,48,49,52)(H,50,59,60)/t30?,39-/m0/s1. The monoisotopic (exact) mass is 846 g/mol. The van der Waals surface area contributed by atoms with Gasteiger partial charge < -0.3 is 29.7 Å². The Hall–Kier alpha value is -6.35. The van der Waals surface area contributed by atoms with Crippen molar-refractivity contribution in [1.29, 1.82) is 5.26 Å². The lowest BCUT2D eigenvalue weighted by Gasteiger charge is -2.39. The van der Waals surface area contributed by atoms with E-state index in [4.69, 9.17) is 14.8 Å². The lowest BCUT2D eigenvalue weighted by atomic mass is 9.92. The van der Waals surface area contributed by atoms with Gasteiger partial charge in [-0.2, -0.15) is 15.3 Å². The maximum atomic E-state index is 15.2. The van der Waals surface area contributed by atoms with E-state index in [1.165, 1.54) is 10.8 Å². The second-order valence-corrected chi connectivity index (χ2v) is 17.4. The summed E-state index contributed by atoms with van der Waals surface area (Å²) in [5, 5.41) is 25.0. The number of fused-ring (bicyclic) bond motifs is 4. The largest absolute Gasteiger partial charge is 0.480 e. The zero-order valence-electron chi connectivity index (χ0n) is 34.7. The highest BCUT2D eigenvalue weighted by Crippen LogP contribution is 2.46. The van der Waals surface area contributed by atoms with E-state index < -0.39 is 30.0 Å². The zero-order valence-corrected chi connectivity index (χ0v) is 34.7. The van der Waals surface area contributed by atoms with Crippen LogP contribution in [0.2, 0.25) is 0 Å². The van der Waals surface area contributed by atoms with E-state index >= 15 is 8.78 Å². The number of hydrogen-bond donors (Lipinski definition) is 3. The van der Waals surface area contributed by atoms with Crippen molar-refractivity contribution in [3.63, 3.8) is 0 Å². The summed E-state index contributed by atoms with van der Waals surface area (Å²) in [7, 11) is 3.51. The van der Waals surface area contributed by atoms with Crippen LogP contribution in [0, 0.1) is 23.2 Å². The molecule has 7 heterocycles. The van der Waals surface area contributed by atoms with Crippen molar-refractivity contribution >= 4 is 62.4 Å². The van der Waals surface area contributed by atoms with Crippen molar-refractivity contribution in [2.45, 2.75) is 56.4 Å². The van der Waals surface area contributed by atoms with Crippen molar-refractivity contribution in [2.75, 3.05) is 72.9 Å². The number of para-hydroxylation sites is 1. The normalized spacial score (nSPS) is 22.1. The molecule has 2 amide bonds. The fourth-order valence-corrected chi connectivity index (χ4v) is 9.79. The topological polar surface area (TPSA) is 179 Å². The van der Waals surface area contributed by atoms with Crippen LogP contribution in [0.3, 0.4) is 0 Å². The first kappa shape index (κ1) is 39.8. The number of ether oxygens (including phenoxy) is 1. The van der Waals surface area contributed by atoms with Gasteiger partial charge in [0.15, 0.2) is 12.4 Å². The minimum absolute atomic E-state index is 0.131. The van der Waals surface area contributed by atoms with Crippen LogP contribution in [0.15, 0.2) is 47.4 Å². The first-order valence-electron chi connectivity index (χ1n) is 21.5. The van der Waals surface area contributed by atoms with Gasteiger partial charge in [0.25, 0.3) is 5.56 Å². The minimum atomic E-state index is -3.15. The summed E-state index contributed by atoms with van der Waals surface area (Å²) in [5.74, 6) is -3.07. The van der Waals surface area contributed by atoms with Crippen LogP contribution in [-0.4, -0.2) is 105 Å². The van der Waals surface area contributed by atoms with E-state index in [2.05, 4.69) is 47.8 Å². The predicted molar refractivity (Wildman–Crippen MR) is 229 cm³/mol. The third kappa shape index (κ3) is 7.21. The second kappa shape index (κ2) is 15.5. The molecule has 2 aromatic carbocycles. The van der Waals surface area contributed by atoms with Gasteiger partial charge in [-0.05, 0) is 68.2 Å². The third-order valence-electron chi connectivity index (χ3n) is 13.3. The summed E-state index contributed by atoms with van der Waals surface area (Å²) in [6, 6.07) is 12.5. The van der Waals surface area contributed by atoms with Gasteiger partial charge in [0, 0.05) is 82.8 Å². The number of benzene rings is 2. The average Bonchev–Trinajstić information content (AvgIpc) is 4.07. The average molecular weight is 847 g/mol. The van der Waals surface area contributed by atoms with Crippen molar-refractivity contribution in [2.24, 2.45) is 25.9 Å². The number of aryl methyl sites for hydroxylation is 2. The molecule has 4 aliphatic heterocycles. The number of rotatable bonds is 8. The van der Waals surface area contributed by atoms with Gasteiger partial charge in [-0.1, -0.05) is 12.1 Å². The molecular weight excluding hydrogens is 799 g/mol. The quantitative estimate of drug-likeness (QED) is 0.185. The molecule has 5 aliphatic rings. The van der Waals surface area contributed by atoms with Crippen molar-refractivity contribution in [1.82, 2.24) is 34.5 Å². The number of carbonyl (C=O) groups excluding carboxylic acids is 2. The second-order valence-electron chi connectivity index (χ2n) is 17.4. The number of amides is 2. The van der Waals surface area contributed by atoms with Crippen LogP contribution in [0.25, 0.3) is 21.8 Å². The molecule has 5 aromatic rings. The summed E-state index contributed by atoms with van der Waals surface area (Å²) in [6.07, 6.45) is 5.76. The van der Waals surface area contributed by atoms with Crippen LogP contribution in [0.4, 0.5) is 37.6 Å². The number of nitrogens with one attached hydrogen (secondary N) is 3. The highest BCUT2D eigenvalue weighted by Gasteiger charge is 2.51. The molecule has 0 bridgehead atoms. The number of halogens is 2. The smallest absolute Gasteiger partial charge is 0.301 e. The molecule has 18 heteroatoms. The molecule has 3 aromatic heterocycles. The van der Waals surface area contributed by atoms with Crippen molar-refractivity contribution < 1.29 is 23.1 Å². The molecule has 3 N–H and O–H groups in total. The fourth-order valence-electron chi connectivity index (χ4n) is 9.79. The number of piperazine rings is 1. The van der Waals surface area contributed by atoms with Crippen LogP contribution in [0.5, 0.6) is 5.75 Å². The minimum Gasteiger partial charge on any atom is -0.480 e. The number of imide groups is 1. The molecule has 0 radical (unpaired) electrons. The van der Waals surface area contributed by atoms with Gasteiger partial charge >= 0.3 is 5.92 Å². The number of nitrogens with zero attached hydrogens (tertiary/aromatic N) is 9. The maximum Gasteiger partial charge on any atom is 0.301 e. The van der Waals surface area contributed by atoms with Crippen LogP contribution in [0.1, 0.15) is 55.7 Å². The molecule has 1 unspecified atom stereocenters. The summed E-state index contributed by atoms with van der Waals surface area (Å²) in [4.78, 5) is 54.2. The highest BCUT2D eigenvalue weighted by molar-refractivity contribution is 6.04. The predicted octanol–water partition coefficient (Wildman–Crippen LogP) is 4.61. The van der Waals surface area contributed by atoms with Gasteiger partial charge in [0.1, 0.15) is 11.6 Å². The summed E-state index contributed by atoms with van der Waals surface area (Å²) >= 11 is 0. The zero-order chi connectivity index (χ0) is 42.9. The molecule has 322 valence electrons. The number of anilines is 5. The van der Waals surface area contributed by atoms with Crippen LogP contribution < -0.4 is 36.0 Å². The van der Waals surface area contributed by atoms with Gasteiger partial charge in [-0.15, -0.1) is 0 Å². The van der Waals surface area contributed by atoms with Crippen LogP contribution >= 0.6 is 0 Å². The molecule has 62 heavy (non-hydrogen) atoms. The number of hydrogen-bond acceptors (Lipinski definition) is 13. The number of carbonyl (C=O) groups is 2. The van der Waals surface area contributed by atoms with E-state index in [1.54, 1.807) is 25.2 Å². The fraction of sp³-hybridized carbons (Fsp3) is 0.477. The Labute approximate surface area is 355 Å². The molecular formula is C44H48F2N12O4. The number of pyridine rings is 1. The van der Waals surface area contributed by atoms with Gasteiger partial charge in [-0.3, -0.25) is 29.3 Å². The molecule has 2 atom stereocenters. The molecule has 3 saturated heterocycles. The first-order chi connectivity index (χ1) is 29.9. The Bertz CT molecular complexity index is 2710. The van der Waals surface area contributed by atoms with Gasteiger partial charge in [0.2, 0.25) is 23.5 Å². The molecule has 4 fully saturated rings. The Morgan fingerprint density at radius 2 is 1.76 bits per heavy atom. The maximum absolute atomic E-state index is 15.2. The SMILES string of the molecule is Cn1nc(C2CCC(=O)NC2=O)c2cccc(N3CCC(CN4CCN(c5ncc(C#N)c(Nc6ccc7c(c6)c6c(c(=O)n7C)OCC(F)(F)[C@H](C7CC7)N6)n5)CC4)CC3)c21. The lowest BCUT2D eigenvalue weighted by molar-refractivity contribution is -0.134. The third-order valence-corrected chi connectivity index (χ3v) is 13.3. The number of nitriles is 1. The molecule has 10 rings (SSSR count). The Balaban J connectivity index is 0.788. The van der Waals surface area contributed by atoms with E-state index in [9.17, 15) is 19.6 Å². The molecule has 0 spiro atoms. The molecule has 16 nitrogen and oxygen atoms in total. The highest BCUT2D eigenvalue weighted by atomic mass is 19.3. The van der Waals surface area contributed by atoms with E-state index in [1.807, 2.05) is 23.9 Å². The molecule has 1 saturated carbocycles. The summed E-state index contributed by atoms with van der Waals surface area (Å²) < 4.78 is 39.2. The number of piperidine rings is 2.